The Morgan fingerprint density at radius 1 is 0.596 bits per heavy atom. The van der Waals surface area contributed by atoms with Crippen LogP contribution >= 0.6 is 0 Å². The van der Waals surface area contributed by atoms with Crippen LogP contribution in [0, 0.1) is 0 Å². The molecule has 0 bridgehead atoms. The highest BCUT2D eigenvalue weighted by atomic mass is 16.2. The summed E-state index contributed by atoms with van der Waals surface area (Å²) in [6.07, 6.45) is 8.96. The molecule has 8 nitrogen and oxygen atoms in total. The SMILES string of the molecule is CCN(C(=O)c1cc2ccccc2[nH]1)C1CCC[C@@H](N(C)Cc2ccccc2)C1.CCN(C(=O)c1cc2ccccc2[nH]1)C1CCC[C@@H](NCc2ccccc2)C1. The minimum Gasteiger partial charge on any atom is -0.351 e. The Hall–Kier alpha value is -5.18. The molecule has 3 N–H and O–H groups in total. The standard InChI is InChI=1S/C25H31N3O.C24H29N3O/c1-3-28(25(29)24-16-20-12-7-8-15-23(20)26-24)22-14-9-13-21(17-22)27(2)18-19-10-5-4-6-11-19;1-2-27(24(28)23-15-19-11-6-7-14-22(19)26-23)21-13-8-12-20(16-21)25-17-18-9-4-3-5-10-18/h4-8,10-12,15-16,21-22,26H,3,9,13-14,17-18H2,1-2H3;3-7,9-11,14-15,20-21,25-26H,2,8,12-13,16-17H2,1H3/t21-,22?;20-,21?/m11/s1. The molecule has 8 heteroatoms. The summed E-state index contributed by atoms with van der Waals surface area (Å²) in [6, 6.07) is 42.9. The Labute approximate surface area is 338 Å². The molecule has 2 saturated carbocycles. The summed E-state index contributed by atoms with van der Waals surface area (Å²) in [7, 11) is 2.22. The molecule has 2 unspecified atom stereocenters. The molecule has 2 fully saturated rings. The summed E-state index contributed by atoms with van der Waals surface area (Å²) < 4.78 is 0. The molecule has 0 saturated heterocycles. The maximum Gasteiger partial charge on any atom is 0.270 e. The Balaban J connectivity index is 0.000000174. The van der Waals surface area contributed by atoms with Crippen molar-refractivity contribution in [1.29, 1.82) is 0 Å². The number of amides is 2. The van der Waals surface area contributed by atoms with Gasteiger partial charge in [0.15, 0.2) is 0 Å². The Kier molecular flexibility index (Phi) is 13.6. The van der Waals surface area contributed by atoms with E-state index in [1.807, 2.05) is 60.7 Å². The van der Waals surface area contributed by atoms with Gasteiger partial charge in [0.1, 0.15) is 11.4 Å². The number of hydrogen-bond acceptors (Lipinski definition) is 4. The van der Waals surface area contributed by atoms with E-state index in [9.17, 15) is 9.59 Å². The molecule has 4 aromatic carbocycles. The normalized spacial score (nSPS) is 19.6. The molecular formula is C49H60N6O2. The zero-order valence-electron chi connectivity index (χ0n) is 34.0. The second kappa shape index (κ2) is 19.3. The van der Waals surface area contributed by atoms with E-state index >= 15 is 0 Å². The first-order valence-corrected chi connectivity index (χ1v) is 21.2. The number of aromatic amines is 2. The highest BCUT2D eigenvalue weighted by Crippen LogP contribution is 2.29. The molecule has 2 amide bonds. The van der Waals surface area contributed by atoms with Gasteiger partial charge in [-0.15, -0.1) is 0 Å². The lowest BCUT2D eigenvalue weighted by Gasteiger charge is -2.40. The third-order valence-corrected chi connectivity index (χ3v) is 12.2. The summed E-state index contributed by atoms with van der Waals surface area (Å²) >= 11 is 0. The molecule has 57 heavy (non-hydrogen) atoms. The number of nitrogens with zero attached hydrogens (tertiary/aromatic N) is 3. The summed E-state index contributed by atoms with van der Waals surface area (Å²) in [5, 5.41) is 5.89. The second-order valence-electron chi connectivity index (χ2n) is 16.0. The number of benzene rings is 4. The molecule has 4 atom stereocenters. The number of nitrogens with one attached hydrogen (secondary N) is 3. The van der Waals surface area contributed by atoms with Crippen molar-refractivity contribution in [3.8, 4) is 0 Å². The van der Waals surface area contributed by atoms with Gasteiger partial charge < -0.3 is 25.1 Å². The van der Waals surface area contributed by atoms with Crippen molar-refractivity contribution < 1.29 is 9.59 Å². The van der Waals surface area contributed by atoms with Crippen LogP contribution in [0.3, 0.4) is 0 Å². The topological polar surface area (TPSA) is 87.5 Å². The first kappa shape index (κ1) is 40.0. The van der Waals surface area contributed by atoms with Crippen LogP contribution in [0.4, 0.5) is 0 Å². The van der Waals surface area contributed by atoms with Crippen molar-refractivity contribution in [2.24, 2.45) is 0 Å². The molecule has 8 rings (SSSR count). The zero-order chi connectivity index (χ0) is 39.6. The molecule has 6 aromatic rings. The van der Waals surface area contributed by atoms with Crippen LogP contribution in [0.2, 0.25) is 0 Å². The predicted octanol–water partition coefficient (Wildman–Crippen LogP) is 9.80. The Morgan fingerprint density at radius 3 is 1.61 bits per heavy atom. The van der Waals surface area contributed by atoms with Gasteiger partial charge in [0.2, 0.25) is 0 Å². The summed E-state index contributed by atoms with van der Waals surface area (Å²) in [5.41, 5.74) is 6.10. The molecule has 2 aliphatic carbocycles. The van der Waals surface area contributed by atoms with Crippen molar-refractivity contribution in [3.05, 3.63) is 144 Å². The quantitative estimate of drug-likeness (QED) is 0.116. The zero-order valence-corrected chi connectivity index (χ0v) is 34.0. The van der Waals surface area contributed by atoms with Crippen molar-refractivity contribution in [1.82, 2.24) is 30.0 Å². The minimum absolute atomic E-state index is 0.118. The van der Waals surface area contributed by atoms with Gasteiger partial charge in [-0.25, -0.2) is 0 Å². The average Bonchev–Trinajstić information content (AvgIpc) is 3.90. The van der Waals surface area contributed by atoms with Crippen LogP contribution in [0.25, 0.3) is 21.8 Å². The lowest BCUT2D eigenvalue weighted by Crippen LogP contribution is -2.47. The van der Waals surface area contributed by atoms with Crippen molar-refractivity contribution in [3.63, 3.8) is 0 Å². The first-order chi connectivity index (χ1) is 27.9. The van der Waals surface area contributed by atoms with Crippen molar-refractivity contribution >= 4 is 33.6 Å². The molecule has 298 valence electrons. The van der Waals surface area contributed by atoms with E-state index < -0.39 is 0 Å². The van der Waals surface area contributed by atoms with E-state index in [1.165, 1.54) is 30.4 Å². The molecule has 0 spiro atoms. The van der Waals surface area contributed by atoms with E-state index in [1.54, 1.807) is 0 Å². The van der Waals surface area contributed by atoms with E-state index in [4.69, 9.17) is 0 Å². The predicted molar refractivity (Wildman–Crippen MR) is 233 cm³/mol. The minimum atomic E-state index is 0.118. The van der Waals surface area contributed by atoms with E-state index in [-0.39, 0.29) is 11.8 Å². The molecule has 2 aromatic heterocycles. The maximum absolute atomic E-state index is 13.3. The number of carbonyl (C=O) groups excluding carboxylic acids is 2. The smallest absolute Gasteiger partial charge is 0.270 e. The fourth-order valence-electron chi connectivity index (χ4n) is 9.14. The van der Waals surface area contributed by atoms with Crippen molar-refractivity contribution in [2.45, 2.75) is 102 Å². The second-order valence-corrected chi connectivity index (χ2v) is 16.0. The van der Waals surface area contributed by atoms with Crippen LogP contribution < -0.4 is 5.32 Å². The third-order valence-electron chi connectivity index (χ3n) is 12.2. The van der Waals surface area contributed by atoms with Gasteiger partial charge in [-0.3, -0.25) is 14.5 Å². The summed E-state index contributed by atoms with van der Waals surface area (Å²) in [6.45, 7) is 7.51. The van der Waals surface area contributed by atoms with Gasteiger partial charge in [0.05, 0.1) is 0 Å². The van der Waals surface area contributed by atoms with Crippen LogP contribution in [0.5, 0.6) is 0 Å². The molecule has 2 heterocycles. The summed E-state index contributed by atoms with van der Waals surface area (Å²) in [4.78, 5) is 39.7. The van der Waals surface area contributed by atoms with Crippen LogP contribution in [0.1, 0.15) is 97.3 Å². The number of fused-ring (bicyclic) bond motifs is 2. The fraction of sp³-hybridized carbons (Fsp3) is 0.388. The van der Waals surface area contributed by atoms with Gasteiger partial charge in [-0.05, 0) is 108 Å². The van der Waals surface area contributed by atoms with Gasteiger partial charge >= 0.3 is 0 Å². The van der Waals surface area contributed by atoms with E-state index in [2.05, 4.69) is 112 Å². The highest BCUT2D eigenvalue weighted by Gasteiger charge is 2.32. The Bertz CT molecular complexity index is 2110. The van der Waals surface area contributed by atoms with Crippen LogP contribution in [-0.4, -0.2) is 80.8 Å². The van der Waals surface area contributed by atoms with Gasteiger partial charge in [0, 0.05) is 72.2 Å². The number of para-hydroxylation sites is 2. The lowest BCUT2D eigenvalue weighted by atomic mass is 9.88. The number of hydrogen-bond donors (Lipinski definition) is 3. The molecule has 0 aliphatic heterocycles. The number of aromatic nitrogens is 2. The average molecular weight is 765 g/mol. The third kappa shape index (κ3) is 10.0. The Morgan fingerprint density at radius 2 is 1.07 bits per heavy atom. The van der Waals surface area contributed by atoms with Gasteiger partial charge in [-0.2, -0.15) is 0 Å². The molecule has 0 radical (unpaired) electrons. The number of rotatable bonds is 12. The monoisotopic (exact) mass is 764 g/mol. The lowest BCUT2D eigenvalue weighted by molar-refractivity contribution is 0.0556. The van der Waals surface area contributed by atoms with Crippen molar-refractivity contribution in [2.75, 3.05) is 20.1 Å². The maximum atomic E-state index is 13.3. The summed E-state index contributed by atoms with van der Waals surface area (Å²) in [5.74, 6) is 0.243. The number of H-pyrrole nitrogens is 2. The van der Waals surface area contributed by atoms with Gasteiger partial charge in [-0.1, -0.05) is 97.1 Å². The van der Waals surface area contributed by atoms with Gasteiger partial charge in [0.25, 0.3) is 11.8 Å². The van der Waals surface area contributed by atoms with E-state index in [0.717, 1.165) is 80.1 Å². The van der Waals surface area contributed by atoms with E-state index in [0.29, 0.717) is 35.6 Å². The number of carbonyl (C=O) groups is 2. The van der Waals surface area contributed by atoms with Crippen LogP contribution in [0.15, 0.2) is 121 Å². The first-order valence-electron chi connectivity index (χ1n) is 21.2. The molecule has 2 aliphatic rings. The molecular weight excluding hydrogens is 705 g/mol. The largest absolute Gasteiger partial charge is 0.351 e. The highest BCUT2D eigenvalue weighted by molar-refractivity contribution is 5.99. The van der Waals surface area contributed by atoms with Crippen LogP contribution in [-0.2, 0) is 13.1 Å². The fourth-order valence-corrected chi connectivity index (χ4v) is 9.14.